The summed E-state index contributed by atoms with van der Waals surface area (Å²) < 4.78 is 43.0. The average Bonchev–Trinajstić information content (AvgIpc) is 3.49. The molecule has 14 heteroatoms. The molecule has 214 valence electrons. The van der Waals surface area contributed by atoms with Crippen LogP contribution in [0.25, 0.3) is 10.9 Å². The molecule has 2 aliphatic rings. The van der Waals surface area contributed by atoms with Crippen molar-refractivity contribution in [3.8, 4) is 0 Å². The Hall–Kier alpha value is -3.84. The van der Waals surface area contributed by atoms with Crippen molar-refractivity contribution < 1.29 is 27.8 Å². The zero-order chi connectivity index (χ0) is 28.9. The summed E-state index contributed by atoms with van der Waals surface area (Å²) in [6, 6.07) is 0.285. The second-order valence-electron chi connectivity index (χ2n) is 11.8. The monoisotopic (exact) mass is 552 g/mol. The summed E-state index contributed by atoms with van der Waals surface area (Å²) in [7, 11) is 0. The molecule has 1 aliphatic carbocycles. The molecule has 2 amide bonds. The number of carbonyl (C=O) groups is 2. The van der Waals surface area contributed by atoms with Crippen molar-refractivity contribution in [2.24, 2.45) is 0 Å². The predicted molar refractivity (Wildman–Crippen MR) is 140 cm³/mol. The van der Waals surface area contributed by atoms with Gasteiger partial charge in [0.15, 0.2) is 5.82 Å². The van der Waals surface area contributed by atoms with Crippen LogP contribution in [0, 0.1) is 11.6 Å². The number of aromatic nitrogens is 2. The Morgan fingerprint density at radius 1 is 0.923 bits per heavy atom. The van der Waals surface area contributed by atoms with Gasteiger partial charge in [0.2, 0.25) is 0 Å². The Morgan fingerprint density at radius 3 is 2.13 bits per heavy atom. The molecule has 2 fully saturated rings. The molecular weight excluding hydrogens is 518 g/mol. The molecular formula is C25H34F2N6O6. The molecule has 39 heavy (non-hydrogen) atoms. The fourth-order valence-electron chi connectivity index (χ4n) is 4.21. The van der Waals surface area contributed by atoms with Crippen LogP contribution in [0.3, 0.4) is 0 Å². The number of nitrogens with one attached hydrogen (secondary N) is 3. The van der Waals surface area contributed by atoms with E-state index in [2.05, 4.69) is 10.7 Å². The zero-order valence-corrected chi connectivity index (χ0v) is 22.8. The van der Waals surface area contributed by atoms with Crippen molar-refractivity contribution in [3.05, 3.63) is 38.5 Å². The number of benzene rings is 1. The van der Waals surface area contributed by atoms with Gasteiger partial charge in [-0.2, -0.15) is 4.68 Å². The van der Waals surface area contributed by atoms with E-state index < -0.39 is 63.2 Å². The van der Waals surface area contributed by atoms with Crippen LogP contribution in [0.1, 0.15) is 60.8 Å². The summed E-state index contributed by atoms with van der Waals surface area (Å²) in [5.74, 6) is -2.07. The highest BCUT2D eigenvalue weighted by Gasteiger charge is 2.32. The highest BCUT2D eigenvalue weighted by atomic mass is 19.1. The van der Waals surface area contributed by atoms with Crippen LogP contribution >= 0.6 is 0 Å². The van der Waals surface area contributed by atoms with E-state index in [9.17, 15) is 19.2 Å². The molecule has 1 aliphatic heterocycles. The van der Waals surface area contributed by atoms with Gasteiger partial charge in [-0.15, -0.1) is 0 Å². The molecule has 0 bridgehead atoms. The number of rotatable bonds is 5. The summed E-state index contributed by atoms with van der Waals surface area (Å²) in [4.78, 5) is 52.4. The topological polar surface area (TPSA) is 136 Å². The zero-order valence-electron chi connectivity index (χ0n) is 22.8. The molecule has 1 aromatic heterocycles. The van der Waals surface area contributed by atoms with Crippen molar-refractivity contribution in [2.75, 3.05) is 28.8 Å². The second-order valence-corrected chi connectivity index (χ2v) is 11.8. The van der Waals surface area contributed by atoms with Crippen molar-refractivity contribution >= 4 is 28.8 Å². The first-order chi connectivity index (χ1) is 18.0. The van der Waals surface area contributed by atoms with Crippen molar-refractivity contribution in [1.82, 2.24) is 14.7 Å². The van der Waals surface area contributed by atoms with E-state index >= 15 is 8.78 Å². The molecule has 2 aromatic rings. The minimum atomic E-state index is -1.25. The van der Waals surface area contributed by atoms with Gasteiger partial charge in [0, 0.05) is 25.2 Å². The van der Waals surface area contributed by atoms with Gasteiger partial charge in [-0.25, -0.2) is 33.3 Å². The van der Waals surface area contributed by atoms with Crippen LogP contribution in [0.15, 0.2) is 15.7 Å². The van der Waals surface area contributed by atoms with Crippen LogP contribution in [-0.4, -0.2) is 57.9 Å². The minimum absolute atomic E-state index is 0.151. The van der Waals surface area contributed by atoms with Gasteiger partial charge in [0.1, 0.15) is 27.9 Å². The van der Waals surface area contributed by atoms with E-state index in [1.165, 1.54) is 4.90 Å². The van der Waals surface area contributed by atoms with Gasteiger partial charge in [-0.3, -0.25) is 4.79 Å². The number of halogens is 2. The second kappa shape index (κ2) is 10.0. The SMILES string of the molecule is CC(C)(C)OC(=O)NC1CCN(c2cc(F)c3c(=O)n(NC(=O)OC(C)(C)C)c(=O)n(NC4CC4)c3c2F)C1. The van der Waals surface area contributed by atoms with Gasteiger partial charge >= 0.3 is 17.9 Å². The molecule has 1 saturated carbocycles. The first-order valence-corrected chi connectivity index (χ1v) is 12.7. The molecule has 3 N–H and O–H groups in total. The summed E-state index contributed by atoms with van der Waals surface area (Å²) in [5, 5.41) is 2.00. The van der Waals surface area contributed by atoms with Gasteiger partial charge in [-0.05, 0) is 60.8 Å². The standard InChI is InChI=1S/C25H34F2N6O6/c1-24(2,3)38-21(35)28-14-9-10-31(12-14)16-11-15(26)17-19(18(16)27)32(29-13-7-8-13)23(37)33(20(17)34)30-22(36)39-25(4,5)6/h11,13-14,29H,7-10,12H2,1-6H3,(H,28,35)(H,30,36). The van der Waals surface area contributed by atoms with Gasteiger partial charge in [0.25, 0.3) is 5.56 Å². The third-order valence-electron chi connectivity index (χ3n) is 5.94. The molecule has 1 unspecified atom stereocenters. The summed E-state index contributed by atoms with van der Waals surface area (Å²) in [6.45, 7) is 10.4. The molecule has 0 spiro atoms. The summed E-state index contributed by atoms with van der Waals surface area (Å²) in [6.07, 6.45) is 0.0607. The number of fused-ring (bicyclic) bond motifs is 1. The molecule has 1 aromatic carbocycles. The fraction of sp³-hybridized carbons (Fsp3) is 0.600. The summed E-state index contributed by atoms with van der Waals surface area (Å²) >= 11 is 0. The maximum absolute atomic E-state index is 16.0. The van der Waals surface area contributed by atoms with Crippen molar-refractivity contribution in [1.29, 1.82) is 0 Å². The maximum Gasteiger partial charge on any atom is 0.427 e. The number of carbonyl (C=O) groups excluding carboxylic acids is 2. The number of hydrogen-bond acceptors (Lipinski definition) is 8. The van der Waals surface area contributed by atoms with E-state index in [0.717, 1.165) is 10.7 Å². The minimum Gasteiger partial charge on any atom is -0.444 e. The molecule has 1 saturated heterocycles. The number of alkyl carbamates (subject to hydrolysis) is 1. The van der Waals surface area contributed by atoms with Crippen LogP contribution in [0.2, 0.25) is 0 Å². The Morgan fingerprint density at radius 2 is 1.54 bits per heavy atom. The van der Waals surface area contributed by atoms with Crippen LogP contribution in [0.4, 0.5) is 24.1 Å². The van der Waals surface area contributed by atoms with Crippen molar-refractivity contribution in [2.45, 2.75) is 84.1 Å². The van der Waals surface area contributed by atoms with Crippen LogP contribution < -0.4 is 32.3 Å². The number of anilines is 1. The molecule has 4 rings (SSSR count). The first kappa shape index (κ1) is 28.2. The maximum atomic E-state index is 16.0. The van der Waals surface area contributed by atoms with Crippen molar-refractivity contribution in [3.63, 3.8) is 0 Å². The lowest BCUT2D eigenvalue weighted by atomic mass is 10.2. The fourth-order valence-corrected chi connectivity index (χ4v) is 4.21. The number of ether oxygens (including phenoxy) is 2. The van der Waals surface area contributed by atoms with Gasteiger partial charge in [0.05, 0.1) is 11.7 Å². The lowest BCUT2D eigenvalue weighted by Gasteiger charge is -2.24. The highest BCUT2D eigenvalue weighted by Crippen LogP contribution is 2.31. The number of nitrogens with zero attached hydrogens (tertiary/aromatic N) is 3. The van der Waals surface area contributed by atoms with Gasteiger partial charge < -0.3 is 25.1 Å². The van der Waals surface area contributed by atoms with Gasteiger partial charge in [-0.1, -0.05) is 0 Å². The molecule has 1 atom stereocenters. The average molecular weight is 553 g/mol. The quantitative estimate of drug-likeness (QED) is 0.515. The number of amides is 2. The molecule has 2 heterocycles. The first-order valence-electron chi connectivity index (χ1n) is 12.7. The largest absolute Gasteiger partial charge is 0.444 e. The van der Waals surface area contributed by atoms with E-state index in [1.807, 2.05) is 5.43 Å². The third-order valence-corrected chi connectivity index (χ3v) is 5.94. The predicted octanol–water partition coefficient (Wildman–Crippen LogP) is 2.73. The lowest BCUT2D eigenvalue weighted by molar-refractivity contribution is 0.0507. The van der Waals surface area contributed by atoms with E-state index in [4.69, 9.17) is 9.47 Å². The van der Waals surface area contributed by atoms with E-state index in [-0.39, 0.29) is 24.8 Å². The third kappa shape index (κ3) is 6.42. The van der Waals surface area contributed by atoms with E-state index in [1.54, 1.807) is 41.5 Å². The normalized spacial score (nSPS) is 17.7. The number of hydrogen-bond donors (Lipinski definition) is 3. The van der Waals surface area contributed by atoms with Crippen LogP contribution in [0.5, 0.6) is 0 Å². The molecule has 0 radical (unpaired) electrons. The Labute approximate surface area is 223 Å². The Balaban J connectivity index is 1.72. The highest BCUT2D eigenvalue weighted by molar-refractivity contribution is 5.85. The Kier molecular flexibility index (Phi) is 7.25. The van der Waals surface area contributed by atoms with Crippen LogP contribution in [-0.2, 0) is 9.47 Å². The van der Waals surface area contributed by atoms with E-state index in [0.29, 0.717) is 23.9 Å². The summed E-state index contributed by atoms with van der Waals surface area (Å²) in [5.41, 5.74) is 0.109. The Bertz CT molecular complexity index is 1420. The smallest absolute Gasteiger partial charge is 0.427 e. The molecule has 12 nitrogen and oxygen atoms in total. The lowest BCUT2D eigenvalue weighted by Crippen LogP contribution is -2.50.